The van der Waals surface area contributed by atoms with Crippen molar-refractivity contribution in [3.8, 4) is 17.4 Å². The van der Waals surface area contributed by atoms with E-state index in [0.717, 1.165) is 10.5 Å². The highest BCUT2D eigenvalue weighted by atomic mass is 16.5. The van der Waals surface area contributed by atoms with Crippen LogP contribution in [0.15, 0.2) is 57.5 Å². The maximum atomic E-state index is 12.8. The number of amides is 2. The fourth-order valence-corrected chi connectivity index (χ4v) is 3.26. The molecule has 0 fully saturated rings. The van der Waals surface area contributed by atoms with Gasteiger partial charge in [0.15, 0.2) is 0 Å². The van der Waals surface area contributed by atoms with Crippen molar-refractivity contribution >= 4 is 23.9 Å². The topological polar surface area (TPSA) is 121 Å². The second kappa shape index (κ2) is 10.1. The number of imide groups is 1. The summed E-state index contributed by atoms with van der Waals surface area (Å²) in [6.07, 6.45) is 1.47. The number of esters is 1. The predicted octanol–water partition coefficient (Wildman–Crippen LogP) is 3.34. The molecular weight excluding hydrogens is 424 g/mol. The highest BCUT2D eigenvalue weighted by Crippen LogP contribution is 2.29. The van der Waals surface area contributed by atoms with Gasteiger partial charge in [0.1, 0.15) is 23.2 Å². The van der Waals surface area contributed by atoms with Gasteiger partial charge in [-0.25, -0.2) is 4.79 Å². The molecule has 1 aliphatic rings. The number of nitrogens with zero attached hydrogens (tertiary/aromatic N) is 2. The first-order chi connectivity index (χ1) is 15.8. The summed E-state index contributed by atoms with van der Waals surface area (Å²) >= 11 is 0. The van der Waals surface area contributed by atoms with Crippen molar-refractivity contribution in [2.24, 2.45) is 5.92 Å². The van der Waals surface area contributed by atoms with Crippen molar-refractivity contribution in [2.45, 2.75) is 20.8 Å². The van der Waals surface area contributed by atoms with E-state index in [1.165, 1.54) is 13.0 Å². The van der Waals surface area contributed by atoms with Crippen molar-refractivity contribution in [1.82, 2.24) is 4.90 Å². The van der Waals surface area contributed by atoms with Crippen LogP contribution in [0.5, 0.6) is 0 Å². The van der Waals surface area contributed by atoms with Crippen molar-refractivity contribution in [3.05, 3.63) is 64.4 Å². The molecule has 0 saturated carbocycles. The summed E-state index contributed by atoms with van der Waals surface area (Å²) < 4.78 is 11.1. The molecular formula is C25H24N2O6. The Morgan fingerprint density at radius 2 is 1.88 bits per heavy atom. The highest BCUT2D eigenvalue weighted by Gasteiger charge is 2.35. The monoisotopic (exact) mass is 448 g/mol. The molecule has 0 bridgehead atoms. The van der Waals surface area contributed by atoms with Crippen LogP contribution >= 0.6 is 0 Å². The summed E-state index contributed by atoms with van der Waals surface area (Å²) in [4.78, 5) is 38.0. The molecule has 0 atom stereocenters. The van der Waals surface area contributed by atoms with E-state index in [-0.39, 0.29) is 29.2 Å². The number of benzene rings is 1. The molecule has 3 rings (SSSR count). The number of hydrogen-bond acceptors (Lipinski definition) is 7. The lowest BCUT2D eigenvalue weighted by Gasteiger charge is -2.26. The number of β-amino-alcohol motifs (C(OH)–C–C–N with tert-alkyl or cyclic N) is 1. The summed E-state index contributed by atoms with van der Waals surface area (Å²) in [7, 11) is 0. The van der Waals surface area contributed by atoms with Crippen molar-refractivity contribution < 1.29 is 28.6 Å². The van der Waals surface area contributed by atoms with Gasteiger partial charge in [-0.3, -0.25) is 14.5 Å². The maximum absolute atomic E-state index is 12.8. The number of ether oxygens (including phenoxy) is 1. The molecule has 0 radical (unpaired) electrons. The van der Waals surface area contributed by atoms with Crippen molar-refractivity contribution in [2.75, 3.05) is 19.8 Å². The summed E-state index contributed by atoms with van der Waals surface area (Å²) in [5.41, 5.74) is 1.39. The Kier molecular flexibility index (Phi) is 7.26. The van der Waals surface area contributed by atoms with E-state index in [1.807, 2.05) is 19.9 Å². The lowest BCUT2D eigenvalue weighted by molar-refractivity contribution is -0.141. The molecule has 1 aromatic heterocycles. The molecule has 2 heterocycles. The Balaban J connectivity index is 1.86. The second-order valence-electron chi connectivity index (χ2n) is 7.93. The SMILES string of the molecule is CC1=C(C#N)C(=O)N(CCO)C(=O)/C1=C/c1ccc(-c2ccc(C(=O)OCC(C)C)cc2)o1. The number of aliphatic hydroxyl groups is 1. The fourth-order valence-electron chi connectivity index (χ4n) is 3.26. The molecule has 8 heteroatoms. The molecule has 2 aromatic rings. The largest absolute Gasteiger partial charge is 0.462 e. The van der Waals surface area contributed by atoms with E-state index < -0.39 is 24.4 Å². The number of nitriles is 1. The van der Waals surface area contributed by atoms with E-state index in [9.17, 15) is 24.8 Å². The minimum Gasteiger partial charge on any atom is -0.462 e. The fraction of sp³-hybridized carbons (Fsp3) is 0.280. The van der Waals surface area contributed by atoms with Gasteiger partial charge in [-0.05, 0) is 48.8 Å². The zero-order valence-electron chi connectivity index (χ0n) is 18.6. The van der Waals surface area contributed by atoms with Gasteiger partial charge in [0.25, 0.3) is 11.8 Å². The number of furan rings is 1. The molecule has 0 unspecified atom stereocenters. The van der Waals surface area contributed by atoms with Gasteiger partial charge in [-0.1, -0.05) is 26.0 Å². The minimum atomic E-state index is -0.724. The summed E-state index contributed by atoms with van der Waals surface area (Å²) in [5, 5.41) is 18.5. The van der Waals surface area contributed by atoms with Gasteiger partial charge in [0.2, 0.25) is 0 Å². The van der Waals surface area contributed by atoms with Gasteiger partial charge in [0.05, 0.1) is 25.3 Å². The Hall–Kier alpha value is -3.96. The van der Waals surface area contributed by atoms with Gasteiger partial charge < -0.3 is 14.3 Å². The minimum absolute atomic E-state index is 0.142. The molecule has 0 spiro atoms. The van der Waals surface area contributed by atoms with Crippen LogP contribution < -0.4 is 0 Å². The zero-order valence-corrected chi connectivity index (χ0v) is 18.6. The smallest absolute Gasteiger partial charge is 0.338 e. The Morgan fingerprint density at radius 3 is 2.48 bits per heavy atom. The third kappa shape index (κ3) is 5.10. The molecule has 1 N–H and O–H groups in total. The number of carbonyl (C=O) groups excluding carboxylic acids is 3. The quantitative estimate of drug-likeness (QED) is 0.392. The number of rotatable bonds is 7. The summed E-state index contributed by atoms with van der Waals surface area (Å²) in [6, 6.07) is 12.0. The van der Waals surface area contributed by atoms with Crippen molar-refractivity contribution in [3.63, 3.8) is 0 Å². The average molecular weight is 448 g/mol. The van der Waals surface area contributed by atoms with Gasteiger partial charge in [-0.2, -0.15) is 5.26 Å². The lowest BCUT2D eigenvalue weighted by atomic mass is 9.95. The molecule has 33 heavy (non-hydrogen) atoms. The third-order valence-electron chi connectivity index (χ3n) is 5.02. The molecule has 8 nitrogen and oxygen atoms in total. The van der Waals surface area contributed by atoms with Gasteiger partial charge in [-0.15, -0.1) is 0 Å². The predicted molar refractivity (Wildman–Crippen MR) is 119 cm³/mol. The van der Waals surface area contributed by atoms with Gasteiger partial charge >= 0.3 is 5.97 Å². The molecule has 1 aliphatic heterocycles. The highest BCUT2D eigenvalue weighted by molar-refractivity contribution is 6.19. The second-order valence-corrected chi connectivity index (χ2v) is 7.93. The first kappa shape index (κ1) is 23.7. The van der Waals surface area contributed by atoms with E-state index >= 15 is 0 Å². The summed E-state index contributed by atoms with van der Waals surface area (Å²) in [5.74, 6) is -0.614. The first-order valence-electron chi connectivity index (χ1n) is 10.4. The normalized spacial score (nSPS) is 15.4. The molecule has 2 amide bonds. The van der Waals surface area contributed by atoms with E-state index in [2.05, 4.69) is 0 Å². The molecule has 0 saturated heterocycles. The average Bonchev–Trinajstić information content (AvgIpc) is 3.27. The number of carbonyl (C=O) groups is 3. The van der Waals surface area contributed by atoms with Crippen LogP contribution in [0.4, 0.5) is 0 Å². The summed E-state index contributed by atoms with van der Waals surface area (Å²) in [6.45, 7) is 5.18. The molecule has 0 aliphatic carbocycles. The van der Waals surface area contributed by atoms with Crippen LogP contribution in [0.2, 0.25) is 0 Å². The standard InChI is InChI=1S/C25H24N2O6/c1-15(2)14-32-25(31)18-6-4-17(5-7-18)22-9-8-19(33-22)12-20-16(3)21(13-26)24(30)27(10-11-28)23(20)29/h4-9,12,15,28H,10-11,14H2,1-3H3/b20-12+. The number of aliphatic hydroxyl groups excluding tert-OH is 1. The Morgan fingerprint density at radius 1 is 1.18 bits per heavy atom. The first-order valence-corrected chi connectivity index (χ1v) is 10.4. The zero-order chi connectivity index (χ0) is 24.1. The third-order valence-corrected chi connectivity index (χ3v) is 5.02. The van der Waals surface area contributed by atoms with Crippen LogP contribution in [0.1, 0.15) is 36.9 Å². The van der Waals surface area contributed by atoms with Crippen molar-refractivity contribution in [1.29, 1.82) is 5.26 Å². The molecule has 1 aromatic carbocycles. The number of hydrogen-bond donors (Lipinski definition) is 1. The van der Waals surface area contributed by atoms with Crippen LogP contribution in [-0.2, 0) is 14.3 Å². The van der Waals surface area contributed by atoms with E-state index in [1.54, 1.807) is 36.4 Å². The van der Waals surface area contributed by atoms with E-state index in [0.29, 0.717) is 23.7 Å². The maximum Gasteiger partial charge on any atom is 0.338 e. The van der Waals surface area contributed by atoms with Crippen LogP contribution in [0.25, 0.3) is 17.4 Å². The van der Waals surface area contributed by atoms with E-state index in [4.69, 9.17) is 9.15 Å². The van der Waals surface area contributed by atoms with Crippen LogP contribution in [0.3, 0.4) is 0 Å². The molecule has 170 valence electrons. The van der Waals surface area contributed by atoms with Gasteiger partial charge in [0, 0.05) is 11.1 Å². The Labute approximate surface area is 191 Å². The van der Waals surface area contributed by atoms with Crippen LogP contribution in [-0.4, -0.2) is 47.5 Å². The lowest BCUT2D eigenvalue weighted by Crippen LogP contribution is -2.44. The van der Waals surface area contributed by atoms with Crippen LogP contribution in [0, 0.1) is 17.2 Å². The Bertz CT molecular complexity index is 1180.